The van der Waals surface area contributed by atoms with Gasteiger partial charge in [0.15, 0.2) is 5.82 Å². The van der Waals surface area contributed by atoms with Gasteiger partial charge in [0, 0.05) is 38.4 Å². The Hall–Kier alpha value is -6.84. The number of aromatic nitrogens is 3. The number of hydrogen-bond donors (Lipinski definition) is 0. The summed E-state index contributed by atoms with van der Waals surface area (Å²) in [6.07, 6.45) is 5.66. The molecule has 2 aliphatic rings. The molecule has 0 radical (unpaired) electrons. The molecule has 54 heavy (non-hydrogen) atoms. The van der Waals surface area contributed by atoms with Crippen molar-refractivity contribution < 1.29 is 0 Å². The van der Waals surface area contributed by atoms with Gasteiger partial charge in [0.05, 0.1) is 22.2 Å². The highest BCUT2D eigenvalue weighted by Crippen LogP contribution is 2.54. The van der Waals surface area contributed by atoms with Crippen LogP contribution in [0.1, 0.15) is 30.0 Å². The van der Waals surface area contributed by atoms with E-state index in [4.69, 9.17) is 9.97 Å². The summed E-state index contributed by atoms with van der Waals surface area (Å²) in [7, 11) is 0. The van der Waals surface area contributed by atoms with Gasteiger partial charge in [-0.15, -0.1) is 0 Å². The van der Waals surface area contributed by atoms with Gasteiger partial charge in [-0.25, -0.2) is 9.97 Å². The van der Waals surface area contributed by atoms with Crippen LogP contribution in [0.15, 0.2) is 164 Å². The summed E-state index contributed by atoms with van der Waals surface area (Å²) in [5, 5.41) is 8.50. The zero-order valence-electron chi connectivity index (χ0n) is 29.7. The molecule has 2 aromatic heterocycles. The van der Waals surface area contributed by atoms with Crippen LogP contribution in [0.5, 0.6) is 0 Å². The summed E-state index contributed by atoms with van der Waals surface area (Å²) in [5.41, 5.74) is 14.1. The lowest BCUT2D eigenvalue weighted by atomic mass is 9.68. The van der Waals surface area contributed by atoms with Crippen LogP contribution in [-0.4, -0.2) is 14.5 Å². The van der Waals surface area contributed by atoms with Gasteiger partial charge in [0.2, 0.25) is 0 Å². The molecule has 0 aliphatic heterocycles. The third-order valence-electron chi connectivity index (χ3n) is 12.1. The quantitative estimate of drug-likeness (QED) is 0.185. The molecule has 10 aromatic rings. The minimum Gasteiger partial charge on any atom is -0.309 e. The van der Waals surface area contributed by atoms with E-state index in [1.807, 2.05) is 0 Å². The zero-order chi connectivity index (χ0) is 35.5. The molecule has 0 N–H and O–H groups in total. The summed E-state index contributed by atoms with van der Waals surface area (Å²) in [4.78, 5) is 10.6. The Morgan fingerprint density at radius 3 is 2.09 bits per heavy atom. The number of allylic oxidation sites excluding steroid dienone is 1. The van der Waals surface area contributed by atoms with E-state index in [2.05, 4.69) is 181 Å². The van der Waals surface area contributed by atoms with E-state index < -0.39 is 0 Å². The fourth-order valence-corrected chi connectivity index (χ4v) is 9.64. The SMILES string of the molecule is CC12CC=Cc3ccc4c(c31)c1c(cccc1n4-c1ccc3nc(-c4ccc5ccccc5c4)nc(-c4ccc5ccccc5c4)c3c1)-c1ccccc12. The molecule has 3 heteroatoms. The molecular weight excluding hydrogens is 655 g/mol. The van der Waals surface area contributed by atoms with Gasteiger partial charge in [0.25, 0.3) is 0 Å². The lowest BCUT2D eigenvalue weighted by Crippen LogP contribution is -2.26. The summed E-state index contributed by atoms with van der Waals surface area (Å²) in [6, 6.07) is 57.5. The van der Waals surface area contributed by atoms with Gasteiger partial charge >= 0.3 is 0 Å². The van der Waals surface area contributed by atoms with E-state index >= 15 is 0 Å². The van der Waals surface area contributed by atoms with Crippen LogP contribution in [0.3, 0.4) is 0 Å². The van der Waals surface area contributed by atoms with Crippen LogP contribution in [-0.2, 0) is 5.41 Å². The first-order chi connectivity index (χ1) is 26.6. The van der Waals surface area contributed by atoms with Gasteiger partial charge in [-0.3, -0.25) is 0 Å². The van der Waals surface area contributed by atoms with Crippen molar-refractivity contribution in [2.75, 3.05) is 0 Å². The second kappa shape index (κ2) is 10.8. The fraction of sp³-hybridized carbons (Fsp3) is 0.0588. The van der Waals surface area contributed by atoms with Crippen molar-refractivity contribution in [2.24, 2.45) is 0 Å². The normalized spacial score (nSPS) is 15.8. The summed E-state index contributed by atoms with van der Waals surface area (Å²) in [5.74, 6) is 0.727. The van der Waals surface area contributed by atoms with E-state index in [1.54, 1.807) is 0 Å². The Morgan fingerprint density at radius 2 is 1.26 bits per heavy atom. The molecule has 1 atom stereocenters. The highest BCUT2D eigenvalue weighted by atomic mass is 15.0. The van der Waals surface area contributed by atoms with Gasteiger partial charge < -0.3 is 4.57 Å². The molecule has 0 spiro atoms. The Bertz CT molecular complexity index is 3270. The topological polar surface area (TPSA) is 30.7 Å². The average Bonchev–Trinajstić information content (AvgIpc) is 3.52. The van der Waals surface area contributed by atoms with Crippen LogP contribution >= 0.6 is 0 Å². The minimum atomic E-state index is -0.141. The lowest BCUT2D eigenvalue weighted by molar-refractivity contribution is 0.582. The van der Waals surface area contributed by atoms with E-state index in [-0.39, 0.29) is 5.41 Å². The maximum absolute atomic E-state index is 5.40. The first-order valence-corrected chi connectivity index (χ1v) is 18.8. The monoisotopic (exact) mass is 687 g/mol. The predicted octanol–water partition coefficient (Wildman–Crippen LogP) is 13.1. The molecule has 1 unspecified atom stereocenters. The maximum Gasteiger partial charge on any atom is 0.160 e. The van der Waals surface area contributed by atoms with Crippen molar-refractivity contribution in [2.45, 2.75) is 18.8 Å². The van der Waals surface area contributed by atoms with Crippen LogP contribution in [0.25, 0.3) is 99.8 Å². The van der Waals surface area contributed by atoms with Crippen LogP contribution in [0.4, 0.5) is 0 Å². The molecule has 2 heterocycles. The first-order valence-electron chi connectivity index (χ1n) is 18.8. The molecule has 8 aromatic carbocycles. The van der Waals surface area contributed by atoms with E-state index in [0.29, 0.717) is 0 Å². The van der Waals surface area contributed by atoms with E-state index in [1.165, 1.54) is 71.2 Å². The molecule has 0 saturated heterocycles. The fourth-order valence-electron chi connectivity index (χ4n) is 9.64. The third-order valence-corrected chi connectivity index (χ3v) is 12.1. The average molecular weight is 688 g/mol. The van der Waals surface area contributed by atoms with Crippen LogP contribution in [0.2, 0.25) is 0 Å². The van der Waals surface area contributed by atoms with Crippen molar-refractivity contribution in [3.63, 3.8) is 0 Å². The highest BCUT2D eigenvalue weighted by molar-refractivity contribution is 6.19. The molecular formula is C51H33N3. The Balaban J connectivity index is 1.15. The molecule has 12 rings (SSSR count). The Labute approximate surface area is 312 Å². The molecule has 2 aliphatic carbocycles. The van der Waals surface area contributed by atoms with Crippen LogP contribution < -0.4 is 0 Å². The molecule has 0 bridgehead atoms. The summed E-state index contributed by atoms with van der Waals surface area (Å²) < 4.78 is 2.47. The summed E-state index contributed by atoms with van der Waals surface area (Å²) in [6.45, 7) is 2.44. The largest absolute Gasteiger partial charge is 0.309 e. The second-order valence-electron chi connectivity index (χ2n) is 15.2. The number of rotatable bonds is 3. The highest BCUT2D eigenvalue weighted by Gasteiger charge is 2.39. The van der Waals surface area contributed by atoms with Gasteiger partial charge in [-0.1, -0.05) is 134 Å². The van der Waals surface area contributed by atoms with Gasteiger partial charge in [-0.2, -0.15) is 0 Å². The third kappa shape index (κ3) is 4.07. The van der Waals surface area contributed by atoms with Crippen molar-refractivity contribution >= 4 is 60.3 Å². The number of hydrogen-bond acceptors (Lipinski definition) is 2. The van der Waals surface area contributed by atoms with Crippen LogP contribution in [0, 0.1) is 0 Å². The lowest BCUT2D eigenvalue weighted by Gasteiger charge is -2.35. The number of nitrogens with zero attached hydrogens (tertiary/aromatic N) is 3. The van der Waals surface area contributed by atoms with Gasteiger partial charge in [0.1, 0.15) is 0 Å². The van der Waals surface area contributed by atoms with Gasteiger partial charge in [-0.05, 0) is 98.2 Å². The van der Waals surface area contributed by atoms with Crippen molar-refractivity contribution in [3.8, 4) is 39.5 Å². The Morgan fingerprint density at radius 1 is 0.556 bits per heavy atom. The molecule has 0 fully saturated rings. The second-order valence-corrected chi connectivity index (χ2v) is 15.2. The number of benzene rings is 8. The van der Waals surface area contributed by atoms with Crippen molar-refractivity contribution in [1.29, 1.82) is 0 Å². The Kier molecular flexibility index (Phi) is 5.97. The molecule has 3 nitrogen and oxygen atoms in total. The standard InChI is InChI=1S/C51H33N3/c1-51-27-9-14-33-23-26-45-47(48(33)51)46-40(39-15-6-7-17-42(39)51)16-8-18-44(46)54(45)38-24-25-43-41(30-38)49(36-21-19-31-10-2-4-12-34(31)28-36)53-50(52-43)37-22-20-32-11-3-5-13-35(32)29-37/h2-26,28-30H,27H2,1H3. The number of fused-ring (bicyclic) bond motifs is 6. The van der Waals surface area contributed by atoms with Crippen molar-refractivity contribution in [1.82, 2.24) is 14.5 Å². The zero-order valence-corrected chi connectivity index (χ0v) is 29.7. The van der Waals surface area contributed by atoms with E-state index in [0.717, 1.165) is 45.7 Å². The summed E-state index contributed by atoms with van der Waals surface area (Å²) >= 11 is 0. The molecule has 0 saturated carbocycles. The van der Waals surface area contributed by atoms with Crippen molar-refractivity contribution in [3.05, 3.63) is 180 Å². The molecule has 0 amide bonds. The maximum atomic E-state index is 5.40. The smallest absolute Gasteiger partial charge is 0.160 e. The molecule has 252 valence electrons. The first kappa shape index (κ1) is 29.7. The van der Waals surface area contributed by atoms with E-state index in [9.17, 15) is 0 Å². The minimum absolute atomic E-state index is 0.141. The predicted molar refractivity (Wildman–Crippen MR) is 225 cm³/mol.